The maximum absolute atomic E-state index is 11.6. The molecule has 1 unspecified atom stereocenters. The van der Waals surface area contributed by atoms with Crippen molar-refractivity contribution in [1.29, 1.82) is 0 Å². The minimum absolute atomic E-state index is 0.463. The minimum atomic E-state index is -0.809. The van der Waals surface area contributed by atoms with Crippen molar-refractivity contribution < 1.29 is 9.90 Å². The highest BCUT2D eigenvalue weighted by Gasteiger charge is 2.20. The monoisotopic (exact) mass is 365 g/mol. The largest absolute Gasteiger partial charge is 0.481 e. The molecule has 0 saturated carbocycles. The third-order valence-electron chi connectivity index (χ3n) is 3.95. The van der Waals surface area contributed by atoms with E-state index in [0.29, 0.717) is 18.2 Å². The number of carboxylic acid groups (broad SMARTS) is 1. The van der Waals surface area contributed by atoms with Crippen LogP contribution in [0.1, 0.15) is 17.0 Å². The molecule has 0 amide bonds. The molecule has 2 aromatic rings. The van der Waals surface area contributed by atoms with Crippen LogP contribution in [0.4, 0.5) is 5.69 Å². The molecule has 24 heavy (non-hydrogen) atoms. The molecular formula is C19H21Cl2NO2. The zero-order chi connectivity index (χ0) is 17.4. The highest BCUT2D eigenvalue weighted by Crippen LogP contribution is 2.23. The molecule has 0 fully saturated rings. The van der Waals surface area contributed by atoms with Crippen LogP contribution in [0, 0.1) is 0 Å². The molecule has 2 aromatic carbocycles. The summed E-state index contributed by atoms with van der Waals surface area (Å²) in [6.45, 7) is 1.46. The second-order valence-electron chi connectivity index (χ2n) is 5.54. The zero-order valence-corrected chi connectivity index (χ0v) is 14.9. The van der Waals surface area contributed by atoms with Crippen molar-refractivity contribution in [2.45, 2.75) is 12.3 Å². The van der Waals surface area contributed by atoms with Gasteiger partial charge in [-0.3, -0.25) is 4.79 Å². The molecule has 1 N–H and O–H groups in total. The van der Waals surface area contributed by atoms with Crippen molar-refractivity contribution in [2.75, 3.05) is 29.7 Å². The first kappa shape index (κ1) is 18.6. The van der Waals surface area contributed by atoms with E-state index in [9.17, 15) is 9.90 Å². The lowest BCUT2D eigenvalue weighted by Crippen LogP contribution is -2.27. The molecule has 0 aromatic heterocycles. The van der Waals surface area contributed by atoms with Crippen molar-refractivity contribution in [3.8, 4) is 0 Å². The number of benzene rings is 2. The summed E-state index contributed by atoms with van der Waals surface area (Å²) in [5.41, 5.74) is 2.86. The fraction of sp³-hybridized carbons (Fsp3) is 0.316. The van der Waals surface area contributed by atoms with E-state index in [1.165, 1.54) is 0 Å². The molecule has 0 aliphatic carbocycles. The van der Waals surface area contributed by atoms with Crippen LogP contribution in [0.2, 0.25) is 0 Å². The van der Waals surface area contributed by atoms with E-state index >= 15 is 0 Å². The van der Waals surface area contributed by atoms with E-state index < -0.39 is 11.9 Å². The van der Waals surface area contributed by atoms with Gasteiger partial charge in [0, 0.05) is 30.5 Å². The van der Waals surface area contributed by atoms with E-state index in [-0.39, 0.29) is 0 Å². The second kappa shape index (κ2) is 9.55. The number of nitrogens with zero attached hydrogens (tertiary/aromatic N) is 1. The smallest absolute Gasteiger partial charge is 0.311 e. The molecule has 0 aliphatic rings. The van der Waals surface area contributed by atoms with E-state index in [0.717, 1.165) is 29.9 Å². The molecule has 0 bridgehead atoms. The molecule has 0 radical (unpaired) electrons. The number of hydrogen-bond acceptors (Lipinski definition) is 2. The minimum Gasteiger partial charge on any atom is -0.481 e. The molecule has 3 nitrogen and oxygen atoms in total. The number of carbonyl (C=O) groups is 1. The number of rotatable bonds is 9. The SMILES string of the molecule is O=C(O)C(Cc1ccc(N(CCCl)CCCl)cc1)c1ccccc1. The van der Waals surface area contributed by atoms with E-state index in [4.69, 9.17) is 23.2 Å². The molecule has 2 rings (SSSR count). The quantitative estimate of drug-likeness (QED) is 0.670. The van der Waals surface area contributed by atoms with Crippen LogP contribution in [0.15, 0.2) is 54.6 Å². The first-order chi connectivity index (χ1) is 11.7. The molecule has 0 heterocycles. The van der Waals surface area contributed by atoms with Crippen molar-refractivity contribution in [3.05, 3.63) is 65.7 Å². The van der Waals surface area contributed by atoms with Gasteiger partial charge in [0.05, 0.1) is 5.92 Å². The Hall–Kier alpha value is -1.71. The highest BCUT2D eigenvalue weighted by molar-refractivity contribution is 6.18. The topological polar surface area (TPSA) is 40.5 Å². The van der Waals surface area contributed by atoms with Gasteiger partial charge in [0.1, 0.15) is 0 Å². The highest BCUT2D eigenvalue weighted by atomic mass is 35.5. The molecule has 1 atom stereocenters. The average molecular weight is 366 g/mol. The summed E-state index contributed by atoms with van der Waals surface area (Å²) in [7, 11) is 0. The van der Waals surface area contributed by atoms with E-state index in [1.54, 1.807) is 0 Å². The third kappa shape index (κ3) is 5.15. The van der Waals surface area contributed by atoms with Gasteiger partial charge < -0.3 is 10.0 Å². The molecule has 0 aliphatic heterocycles. The average Bonchev–Trinajstić information content (AvgIpc) is 2.60. The van der Waals surface area contributed by atoms with E-state index in [2.05, 4.69) is 4.90 Å². The van der Waals surface area contributed by atoms with Gasteiger partial charge in [-0.15, -0.1) is 23.2 Å². The lowest BCUT2D eigenvalue weighted by atomic mass is 9.92. The first-order valence-electron chi connectivity index (χ1n) is 7.89. The maximum atomic E-state index is 11.6. The summed E-state index contributed by atoms with van der Waals surface area (Å²) in [5.74, 6) is -0.281. The normalized spacial score (nSPS) is 11.9. The maximum Gasteiger partial charge on any atom is 0.311 e. The Morgan fingerprint density at radius 3 is 2.04 bits per heavy atom. The Kier molecular flexibility index (Phi) is 7.41. The predicted octanol–water partition coefficient (Wildman–Crippen LogP) is 4.38. The van der Waals surface area contributed by atoms with Crippen molar-refractivity contribution in [3.63, 3.8) is 0 Å². The Morgan fingerprint density at radius 2 is 1.54 bits per heavy atom. The van der Waals surface area contributed by atoms with Crippen molar-refractivity contribution in [2.24, 2.45) is 0 Å². The van der Waals surface area contributed by atoms with Crippen LogP contribution in [0.3, 0.4) is 0 Å². The second-order valence-corrected chi connectivity index (χ2v) is 6.29. The lowest BCUT2D eigenvalue weighted by molar-refractivity contribution is -0.138. The lowest BCUT2D eigenvalue weighted by Gasteiger charge is -2.23. The van der Waals surface area contributed by atoms with Gasteiger partial charge in [0.25, 0.3) is 0 Å². The fourth-order valence-corrected chi connectivity index (χ4v) is 3.09. The number of hydrogen-bond donors (Lipinski definition) is 1. The van der Waals surface area contributed by atoms with Gasteiger partial charge in [-0.25, -0.2) is 0 Å². The van der Waals surface area contributed by atoms with Gasteiger partial charge in [0.15, 0.2) is 0 Å². The van der Waals surface area contributed by atoms with Gasteiger partial charge >= 0.3 is 5.97 Å². The van der Waals surface area contributed by atoms with Gasteiger partial charge in [0.2, 0.25) is 0 Å². The molecule has 5 heteroatoms. The Labute approximate surface area is 152 Å². The summed E-state index contributed by atoms with van der Waals surface area (Å²) < 4.78 is 0. The number of anilines is 1. The van der Waals surface area contributed by atoms with Crippen LogP contribution in [0.25, 0.3) is 0 Å². The molecular weight excluding hydrogens is 345 g/mol. The summed E-state index contributed by atoms with van der Waals surface area (Å²) in [6.07, 6.45) is 0.463. The standard InChI is InChI=1S/C19H21Cl2NO2/c20-10-12-22(13-11-21)17-8-6-15(7-9-17)14-18(19(23)24)16-4-2-1-3-5-16/h1-9,18H,10-14H2,(H,23,24). The van der Waals surface area contributed by atoms with Crippen LogP contribution in [-0.2, 0) is 11.2 Å². The zero-order valence-electron chi connectivity index (χ0n) is 13.4. The summed E-state index contributed by atoms with van der Waals surface area (Å²) >= 11 is 11.7. The van der Waals surface area contributed by atoms with Gasteiger partial charge in [-0.2, -0.15) is 0 Å². The van der Waals surface area contributed by atoms with Crippen molar-refractivity contribution in [1.82, 2.24) is 0 Å². The predicted molar refractivity (Wildman–Crippen MR) is 101 cm³/mol. The first-order valence-corrected chi connectivity index (χ1v) is 8.96. The Morgan fingerprint density at radius 1 is 0.958 bits per heavy atom. The fourth-order valence-electron chi connectivity index (χ4n) is 2.69. The number of carboxylic acids is 1. The molecule has 0 saturated heterocycles. The summed E-state index contributed by atoms with van der Waals surface area (Å²) in [4.78, 5) is 13.7. The van der Waals surface area contributed by atoms with Gasteiger partial charge in [-0.05, 0) is 29.7 Å². The Bertz CT molecular complexity index is 626. The van der Waals surface area contributed by atoms with Crippen LogP contribution in [0.5, 0.6) is 0 Å². The number of aliphatic carboxylic acids is 1. The molecule has 128 valence electrons. The van der Waals surface area contributed by atoms with Crippen LogP contribution in [-0.4, -0.2) is 35.9 Å². The number of halogens is 2. The third-order valence-corrected chi connectivity index (χ3v) is 4.29. The molecule has 0 spiro atoms. The summed E-state index contributed by atoms with van der Waals surface area (Å²) in [5, 5.41) is 9.53. The summed E-state index contributed by atoms with van der Waals surface area (Å²) in [6, 6.07) is 17.3. The van der Waals surface area contributed by atoms with Crippen LogP contribution >= 0.6 is 23.2 Å². The van der Waals surface area contributed by atoms with Gasteiger partial charge in [-0.1, -0.05) is 42.5 Å². The number of alkyl halides is 2. The Balaban J connectivity index is 2.13. The van der Waals surface area contributed by atoms with Crippen LogP contribution < -0.4 is 4.90 Å². The van der Waals surface area contributed by atoms with E-state index in [1.807, 2.05) is 54.6 Å². The van der Waals surface area contributed by atoms with Crippen molar-refractivity contribution >= 4 is 34.9 Å².